The number of anilines is 2. The van der Waals surface area contributed by atoms with Gasteiger partial charge in [0.2, 0.25) is 0 Å². The molecule has 33 heavy (non-hydrogen) atoms. The lowest BCUT2D eigenvalue weighted by atomic mass is 9.82. The number of halogens is 3. The maximum Gasteiger partial charge on any atom is 0.433 e. The molecular formula is C22H26F3N7O. The first-order valence-corrected chi connectivity index (χ1v) is 11.0. The van der Waals surface area contributed by atoms with Gasteiger partial charge < -0.3 is 16.4 Å². The van der Waals surface area contributed by atoms with Crippen LogP contribution in [0.4, 0.5) is 24.7 Å². The zero-order valence-electron chi connectivity index (χ0n) is 18.1. The second-order valence-electron chi connectivity index (χ2n) is 8.90. The van der Waals surface area contributed by atoms with Crippen molar-refractivity contribution in [3.05, 3.63) is 35.8 Å². The number of rotatable bonds is 7. The van der Waals surface area contributed by atoms with Crippen LogP contribution in [0.25, 0.3) is 0 Å². The van der Waals surface area contributed by atoms with Gasteiger partial charge in [0.25, 0.3) is 5.91 Å². The van der Waals surface area contributed by atoms with Crippen LogP contribution in [0, 0.1) is 23.2 Å². The van der Waals surface area contributed by atoms with E-state index in [0.717, 1.165) is 24.6 Å². The summed E-state index contributed by atoms with van der Waals surface area (Å²) < 4.78 is 39.8. The van der Waals surface area contributed by atoms with Gasteiger partial charge in [0.15, 0.2) is 5.82 Å². The van der Waals surface area contributed by atoms with E-state index in [4.69, 9.17) is 5.73 Å². The van der Waals surface area contributed by atoms with Gasteiger partial charge in [-0.1, -0.05) is 0 Å². The molecular weight excluding hydrogens is 435 g/mol. The lowest BCUT2D eigenvalue weighted by molar-refractivity contribution is -0.141. The van der Waals surface area contributed by atoms with E-state index >= 15 is 0 Å². The van der Waals surface area contributed by atoms with Crippen LogP contribution in [0.3, 0.4) is 0 Å². The number of carbonyl (C=O) groups excluding carboxylic acids is 1. The van der Waals surface area contributed by atoms with Gasteiger partial charge in [-0.3, -0.25) is 9.48 Å². The van der Waals surface area contributed by atoms with Crippen LogP contribution in [0.1, 0.15) is 61.1 Å². The van der Waals surface area contributed by atoms with Crippen LogP contribution < -0.4 is 16.4 Å². The molecule has 4 rings (SSSR count). The van der Waals surface area contributed by atoms with E-state index in [0.29, 0.717) is 18.9 Å². The molecule has 0 aliphatic heterocycles. The highest BCUT2D eigenvalue weighted by atomic mass is 19.4. The van der Waals surface area contributed by atoms with Crippen LogP contribution in [0.5, 0.6) is 0 Å². The zero-order chi connectivity index (χ0) is 23.8. The lowest BCUT2D eigenvalue weighted by Gasteiger charge is -2.34. The monoisotopic (exact) mass is 461 g/mol. The molecule has 4 atom stereocenters. The average Bonchev–Trinajstić information content (AvgIpc) is 3.54. The van der Waals surface area contributed by atoms with Gasteiger partial charge in [0.05, 0.1) is 29.9 Å². The second-order valence-corrected chi connectivity index (χ2v) is 8.90. The summed E-state index contributed by atoms with van der Waals surface area (Å²) in [5, 5.41) is 20.7. The lowest BCUT2D eigenvalue weighted by Crippen LogP contribution is -2.43. The Hall–Kier alpha value is -3.13. The quantitative estimate of drug-likeness (QED) is 0.577. The molecule has 2 aromatic heterocycles. The van der Waals surface area contributed by atoms with Crippen LogP contribution in [-0.4, -0.2) is 32.8 Å². The number of nitrogens with one attached hydrogen (secondary N) is 2. The largest absolute Gasteiger partial charge is 0.433 e. The van der Waals surface area contributed by atoms with E-state index in [9.17, 15) is 23.2 Å². The Morgan fingerprint density at radius 3 is 2.64 bits per heavy atom. The highest BCUT2D eigenvalue weighted by molar-refractivity contribution is 5.98. The molecule has 4 unspecified atom stereocenters. The summed E-state index contributed by atoms with van der Waals surface area (Å²) in [6.07, 6.45) is 2.72. The molecule has 0 radical (unpaired) electrons. The summed E-state index contributed by atoms with van der Waals surface area (Å²) in [6, 6.07) is 4.87. The Labute approximate surface area is 189 Å². The normalized spacial score (nSPS) is 24.2. The summed E-state index contributed by atoms with van der Waals surface area (Å²) in [6.45, 7) is 2.19. The summed E-state index contributed by atoms with van der Waals surface area (Å²) in [7, 11) is 0. The summed E-state index contributed by atoms with van der Waals surface area (Å²) in [5.41, 5.74) is 4.80. The highest BCUT2D eigenvalue weighted by Gasteiger charge is 2.36. The Bertz CT molecular complexity index is 1040. The van der Waals surface area contributed by atoms with Crippen LogP contribution >= 0.6 is 0 Å². The molecule has 0 spiro atoms. The molecule has 2 fully saturated rings. The molecule has 176 valence electrons. The maximum absolute atomic E-state index is 12.7. The smallest absolute Gasteiger partial charge is 0.365 e. The molecule has 2 heterocycles. The first-order valence-electron chi connectivity index (χ1n) is 11.0. The van der Waals surface area contributed by atoms with Gasteiger partial charge in [-0.05, 0) is 57.1 Å². The predicted molar refractivity (Wildman–Crippen MR) is 114 cm³/mol. The summed E-state index contributed by atoms with van der Waals surface area (Å²) in [4.78, 5) is 15.4. The van der Waals surface area contributed by atoms with Crippen molar-refractivity contribution in [1.29, 1.82) is 5.26 Å². The molecule has 8 nitrogen and oxygen atoms in total. The van der Waals surface area contributed by atoms with Crippen LogP contribution in [-0.2, 0) is 6.18 Å². The minimum atomic E-state index is -4.55. The van der Waals surface area contributed by atoms with Gasteiger partial charge in [0.1, 0.15) is 11.3 Å². The summed E-state index contributed by atoms with van der Waals surface area (Å²) >= 11 is 0. The Kier molecular flexibility index (Phi) is 6.30. The molecule has 11 heteroatoms. The number of hydrogen-bond acceptors (Lipinski definition) is 6. The molecule has 0 saturated heterocycles. The summed E-state index contributed by atoms with van der Waals surface area (Å²) in [5.74, 6) is -0.196. The van der Waals surface area contributed by atoms with Crippen LogP contribution in [0.2, 0.25) is 0 Å². The highest BCUT2D eigenvalue weighted by Crippen LogP contribution is 2.37. The van der Waals surface area contributed by atoms with Crippen molar-refractivity contribution in [2.24, 2.45) is 17.6 Å². The van der Waals surface area contributed by atoms with Gasteiger partial charge in [-0.25, -0.2) is 4.98 Å². The SMILES string of the molecule is CC(NC1CCC(n2cc(C(N)=O)c(Nc3ccc(C(F)(F)F)nc3)n2)C(C#N)C1)C1CC1. The van der Waals surface area contributed by atoms with Crippen molar-refractivity contribution < 1.29 is 18.0 Å². The minimum absolute atomic E-state index is 0.0918. The number of aromatic nitrogens is 3. The zero-order valence-corrected chi connectivity index (χ0v) is 18.1. The van der Waals surface area contributed by atoms with Crippen LogP contribution in [0.15, 0.2) is 24.5 Å². The van der Waals surface area contributed by atoms with E-state index < -0.39 is 17.8 Å². The molecule has 2 aliphatic carbocycles. The van der Waals surface area contributed by atoms with E-state index in [1.807, 2.05) is 0 Å². The third-order valence-electron chi connectivity index (χ3n) is 6.46. The van der Waals surface area contributed by atoms with Gasteiger partial charge in [-0.15, -0.1) is 0 Å². The topological polar surface area (TPSA) is 122 Å². The number of nitrogens with two attached hydrogens (primary N) is 1. The first kappa shape index (κ1) is 23.0. The predicted octanol–water partition coefficient (Wildman–Crippen LogP) is 3.76. The molecule has 4 N–H and O–H groups in total. The average molecular weight is 461 g/mol. The third kappa shape index (κ3) is 5.27. The number of primary amides is 1. The van der Waals surface area contributed by atoms with Crippen molar-refractivity contribution in [1.82, 2.24) is 20.1 Å². The third-order valence-corrected chi connectivity index (χ3v) is 6.46. The molecule has 0 aromatic carbocycles. The van der Waals surface area contributed by atoms with E-state index in [2.05, 4.69) is 33.7 Å². The van der Waals surface area contributed by atoms with Gasteiger partial charge in [-0.2, -0.15) is 23.5 Å². The number of amides is 1. The number of hydrogen-bond donors (Lipinski definition) is 3. The van der Waals surface area contributed by atoms with E-state index in [1.165, 1.54) is 25.1 Å². The fourth-order valence-electron chi connectivity index (χ4n) is 4.47. The number of alkyl halides is 3. The van der Waals surface area contributed by atoms with Crippen molar-refractivity contribution in [3.63, 3.8) is 0 Å². The Morgan fingerprint density at radius 1 is 1.30 bits per heavy atom. The molecule has 2 aromatic rings. The van der Waals surface area contributed by atoms with Crippen molar-refractivity contribution in [3.8, 4) is 6.07 Å². The molecule has 1 amide bonds. The van der Waals surface area contributed by atoms with E-state index in [1.54, 1.807) is 4.68 Å². The van der Waals surface area contributed by atoms with Crippen molar-refractivity contribution in [2.75, 3.05) is 5.32 Å². The maximum atomic E-state index is 12.7. The molecule has 0 bridgehead atoms. The number of nitrogens with zero attached hydrogens (tertiary/aromatic N) is 4. The van der Waals surface area contributed by atoms with Gasteiger partial charge in [0, 0.05) is 18.3 Å². The van der Waals surface area contributed by atoms with E-state index in [-0.39, 0.29) is 35.1 Å². The molecule has 2 saturated carbocycles. The van der Waals surface area contributed by atoms with Crippen molar-refractivity contribution >= 4 is 17.4 Å². The first-order chi connectivity index (χ1) is 15.7. The van der Waals surface area contributed by atoms with Crippen molar-refractivity contribution in [2.45, 2.75) is 63.3 Å². The fourth-order valence-corrected chi connectivity index (χ4v) is 4.47. The molecule has 2 aliphatic rings. The number of carbonyl (C=O) groups is 1. The van der Waals surface area contributed by atoms with Gasteiger partial charge >= 0.3 is 6.18 Å². The standard InChI is InChI=1S/C22H26F3N7O/c1-12(13-2-3-13)29-15-4-6-18(14(8-15)9-26)32-11-17(20(27)33)21(31-32)30-16-5-7-19(28-10-16)22(23,24)25/h5,7,10-15,18,29H,2-4,6,8H2,1H3,(H2,27,33)(H,30,31). The second kappa shape index (κ2) is 9.02. The fraction of sp³-hybridized carbons (Fsp3) is 0.545. The number of nitriles is 1. The Balaban J connectivity index is 1.50. The minimum Gasteiger partial charge on any atom is -0.365 e. The Morgan fingerprint density at radius 2 is 2.06 bits per heavy atom. The number of pyridine rings is 1.